The van der Waals surface area contributed by atoms with E-state index in [1.54, 1.807) is 13.0 Å². The van der Waals surface area contributed by atoms with Crippen LogP contribution in [0.3, 0.4) is 0 Å². The molecule has 2 aromatic rings. The van der Waals surface area contributed by atoms with Gasteiger partial charge in [0, 0.05) is 32.5 Å². The van der Waals surface area contributed by atoms with Gasteiger partial charge >= 0.3 is 0 Å². The first kappa shape index (κ1) is 23.8. The van der Waals surface area contributed by atoms with Gasteiger partial charge in [0.05, 0.1) is 23.3 Å². The molecule has 4 rings (SSSR count). The van der Waals surface area contributed by atoms with Gasteiger partial charge in [-0.15, -0.1) is 0 Å². The van der Waals surface area contributed by atoms with Crippen LogP contribution in [0.25, 0.3) is 0 Å². The highest BCUT2D eigenvalue weighted by Crippen LogP contribution is 2.36. The Kier molecular flexibility index (Phi) is 6.90. The van der Waals surface area contributed by atoms with E-state index < -0.39 is 11.8 Å². The van der Waals surface area contributed by atoms with E-state index >= 15 is 0 Å². The summed E-state index contributed by atoms with van der Waals surface area (Å²) in [7, 11) is 0. The predicted octanol–water partition coefficient (Wildman–Crippen LogP) is 3.30. The Morgan fingerprint density at radius 2 is 1.85 bits per heavy atom. The SMILES string of the molecule is CC(Oc1ccccc1)C(=O)N1CCC2(CC1)NC(C(C)C)C(=O)N2Cc1cccc(C#N)c1. The highest BCUT2D eigenvalue weighted by molar-refractivity contribution is 5.86. The third-order valence-electron chi connectivity index (χ3n) is 6.84. The zero-order valence-corrected chi connectivity index (χ0v) is 20.0. The lowest BCUT2D eigenvalue weighted by Crippen LogP contribution is -2.60. The van der Waals surface area contributed by atoms with Crippen molar-refractivity contribution in [2.45, 2.75) is 58.0 Å². The minimum Gasteiger partial charge on any atom is -0.481 e. The molecule has 2 heterocycles. The number of hydrogen-bond donors (Lipinski definition) is 1. The fraction of sp³-hybridized carbons (Fsp3) is 0.444. The van der Waals surface area contributed by atoms with Crippen LogP contribution in [0.15, 0.2) is 54.6 Å². The Morgan fingerprint density at radius 1 is 1.15 bits per heavy atom. The van der Waals surface area contributed by atoms with Crippen molar-refractivity contribution in [3.05, 3.63) is 65.7 Å². The van der Waals surface area contributed by atoms with E-state index in [4.69, 9.17) is 4.74 Å². The number of carbonyl (C=O) groups is 2. The topological polar surface area (TPSA) is 85.7 Å². The third-order valence-corrected chi connectivity index (χ3v) is 6.84. The second-order valence-corrected chi connectivity index (χ2v) is 9.53. The summed E-state index contributed by atoms with van der Waals surface area (Å²) in [4.78, 5) is 30.2. The van der Waals surface area contributed by atoms with Crippen LogP contribution in [0, 0.1) is 17.2 Å². The van der Waals surface area contributed by atoms with Crippen LogP contribution in [-0.2, 0) is 16.1 Å². The number of nitriles is 1. The number of nitrogens with one attached hydrogen (secondary N) is 1. The van der Waals surface area contributed by atoms with Crippen molar-refractivity contribution < 1.29 is 14.3 Å². The smallest absolute Gasteiger partial charge is 0.263 e. The molecule has 0 saturated carbocycles. The number of carbonyl (C=O) groups excluding carboxylic acids is 2. The quantitative estimate of drug-likeness (QED) is 0.715. The maximum absolute atomic E-state index is 13.4. The van der Waals surface area contributed by atoms with Gasteiger partial charge in [-0.05, 0) is 42.7 Å². The molecule has 1 N–H and O–H groups in total. The molecule has 2 aliphatic heterocycles. The van der Waals surface area contributed by atoms with Crippen molar-refractivity contribution in [3.63, 3.8) is 0 Å². The average Bonchev–Trinajstić information content (AvgIpc) is 3.11. The molecule has 1 spiro atoms. The van der Waals surface area contributed by atoms with E-state index in [1.807, 2.05) is 72.2 Å². The normalized spacial score (nSPS) is 20.4. The van der Waals surface area contributed by atoms with Crippen LogP contribution >= 0.6 is 0 Å². The minimum absolute atomic E-state index is 0.0447. The first-order valence-electron chi connectivity index (χ1n) is 11.9. The molecule has 0 bridgehead atoms. The fourth-order valence-corrected chi connectivity index (χ4v) is 4.93. The number of amides is 2. The molecule has 7 nitrogen and oxygen atoms in total. The molecular formula is C27H32N4O3. The molecular weight excluding hydrogens is 428 g/mol. The van der Waals surface area contributed by atoms with E-state index in [9.17, 15) is 14.9 Å². The molecule has 2 aliphatic rings. The third kappa shape index (κ3) is 4.78. The first-order chi connectivity index (χ1) is 16.3. The van der Waals surface area contributed by atoms with Crippen molar-refractivity contribution >= 4 is 11.8 Å². The number of rotatable bonds is 6. The first-order valence-corrected chi connectivity index (χ1v) is 11.9. The van der Waals surface area contributed by atoms with E-state index in [0.29, 0.717) is 43.8 Å². The number of hydrogen-bond acceptors (Lipinski definition) is 5. The number of piperidine rings is 1. The Balaban J connectivity index is 1.47. The molecule has 2 atom stereocenters. The van der Waals surface area contributed by atoms with Crippen molar-refractivity contribution in [2.24, 2.45) is 5.92 Å². The van der Waals surface area contributed by atoms with Gasteiger partial charge < -0.3 is 14.5 Å². The molecule has 2 saturated heterocycles. The zero-order chi connectivity index (χ0) is 24.3. The summed E-state index contributed by atoms with van der Waals surface area (Å²) in [5, 5.41) is 12.9. The van der Waals surface area contributed by atoms with Gasteiger partial charge in [0.25, 0.3) is 5.91 Å². The highest BCUT2D eigenvalue weighted by atomic mass is 16.5. The van der Waals surface area contributed by atoms with Crippen LogP contribution in [0.1, 0.15) is 44.7 Å². The number of nitrogens with zero attached hydrogens (tertiary/aromatic N) is 3. The summed E-state index contributed by atoms with van der Waals surface area (Å²) < 4.78 is 5.84. The largest absolute Gasteiger partial charge is 0.481 e. The van der Waals surface area contributed by atoms with Crippen LogP contribution in [-0.4, -0.2) is 52.5 Å². The lowest BCUT2D eigenvalue weighted by atomic mass is 9.94. The monoisotopic (exact) mass is 460 g/mol. The van der Waals surface area contributed by atoms with Gasteiger partial charge in [0.15, 0.2) is 6.10 Å². The number of para-hydroxylation sites is 1. The Morgan fingerprint density at radius 3 is 2.50 bits per heavy atom. The Labute approximate surface area is 201 Å². The van der Waals surface area contributed by atoms with Crippen LogP contribution in [0.5, 0.6) is 5.75 Å². The molecule has 2 amide bonds. The van der Waals surface area contributed by atoms with Crippen molar-refractivity contribution in [2.75, 3.05) is 13.1 Å². The fourth-order valence-electron chi connectivity index (χ4n) is 4.93. The van der Waals surface area contributed by atoms with Gasteiger partial charge in [-0.2, -0.15) is 5.26 Å². The van der Waals surface area contributed by atoms with Gasteiger partial charge in [-0.25, -0.2) is 0 Å². The standard InChI is InChI=1S/C27H32N4O3/c1-19(2)24-26(33)31(18-22-9-7-8-21(16-22)17-28)27(29-24)12-14-30(15-13-27)25(32)20(3)34-23-10-5-4-6-11-23/h4-11,16,19-20,24,29H,12-15,18H2,1-3H3. The van der Waals surface area contributed by atoms with Crippen LogP contribution in [0.2, 0.25) is 0 Å². The molecule has 34 heavy (non-hydrogen) atoms. The van der Waals surface area contributed by atoms with Crippen molar-refractivity contribution in [1.29, 1.82) is 5.26 Å². The van der Waals surface area contributed by atoms with Crippen molar-refractivity contribution in [3.8, 4) is 11.8 Å². The van der Waals surface area contributed by atoms with Crippen LogP contribution in [0.4, 0.5) is 0 Å². The Hall–Kier alpha value is -3.37. The molecule has 178 valence electrons. The summed E-state index contributed by atoms with van der Waals surface area (Å²) >= 11 is 0. The van der Waals surface area contributed by atoms with E-state index in [0.717, 1.165) is 5.56 Å². The van der Waals surface area contributed by atoms with Gasteiger partial charge in [0.1, 0.15) is 5.75 Å². The maximum atomic E-state index is 13.4. The Bertz CT molecular complexity index is 1070. The summed E-state index contributed by atoms with van der Waals surface area (Å²) in [6.45, 7) is 7.39. The molecule has 0 aliphatic carbocycles. The highest BCUT2D eigenvalue weighted by Gasteiger charge is 2.52. The predicted molar refractivity (Wildman–Crippen MR) is 129 cm³/mol. The van der Waals surface area contributed by atoms with Crippen LogP contribution < -0.4 is 10.1 Å². The molecule has 2 fully saturated rings. The lowest BCUT2D eigenvalue weighted by Gasteiger charge is -2.45. The number of ether oxygens (including phenoxy) is 1. The van der Waals surface area contributed by atoms with E-state index in [1.165, 1.54) is 0 Å². The maximum Gasteiger partial charge on any atom is 0.263 e. The molecule has 0 radical (unpaired) electrons. The van der Waals surface area contributed by atoms with Gasteiger partial charge in [-0.1, -0.05) is 44.2 Å². The molecule has 2 aromatic carbocycles. The zero-order valence-electron chi connectivity index (χ0n) is 20.0. The van der Waals surface area contributed by atoms with E-state index in [2.05, 4.69) is 11.4 Å². The second-order valence-electron chi connectivity index (χ2n) is 9.53. The van der Waals surface area contributed by atoms with Gasteiger partial charge in [-0.3, -0.25) is 14.9 Å². The summed E-state index contributed by atoms with van der Waals surface area (Å²) in [6.07, 6.45) is 0.704. The molecule has 2 unspecified atom stereocenters. The summed E-state index contributed by atoms with van der Waals surface area (Å²) in [5.74, 6) is 0.860. The lowest BCUT2D eigenvalue weighted by molar-refractivity contribution is -0.142. The molecule has 7 heteroatoms. The van der Waals surface area contributed by atoms with Gasteiger partial charge in [0.2, 0.25) is 5.91 Å². The number of benzene rings is 2. The summed E-state index contributed by atoms with van der Waals surface area (Å²) in [6, 6.07) is 18.7. The summed E-state index contributed by atoms with van der Waals surface area (Å²) in [5.41, 5.74) is 1.01. The molecule has 0 aromatic heterocycles. The van der Waals surface area contributed by atoms with E-state index in [-0.39, 0.29) is 23.8 Å². The second kappa shape index (κ2) is 9.86. The van der Waals surface area contributed by atoms with Crippen molar-refractivity contribution in [1.82, 2.24) is 15.1 Å². The minimum atomic E-state index is -0.581. The number of likely N-dealkylation sites (tertiary alicyclic amines) is 1. The average molecular weight is 461 g/mol.